The van der Waals surface area contributed by atoms with Gasteiger partial charge in [-0.1, -0.05) is 12.1 Å². The van der Waals surface area contributed by atoms with Gasteiger partial charge in [0.1, 0.15) is 10.7 Å². The Balaban J connectivity index is 1.35. The van der Waals surface area contributed by atoms with Crippen LogP contribution in [0.3, 0.4) is 0 Å². The van der Waals surface area contributed by atoms with Crippen molar-refractivity contribution < 1.29 is 9.53 Å². The maximum absolute atomic E-state index is 13.2. The molecule has 1 aromatic carbocycles. The van der Waals surface area contributed by atoms with E-state index in [1.165, 1.54) is 9.44 Å². The predicted molar refractivity (Wildman–Crippen MR) is 135 cm³/mol. The summed E-state index contributed by atoms with van der Waals surface area (Å²) in [4.78, 5) is 54.2. The Bertz CT molecular complexity index is 1510. The van der Waals surface area contributed by atoms with Crippen molar-refractivity contribution in [1.29, 1.82) is 0 Å². The van der Waals surface area contributed by atoms with Gasteiger partial charge in [0.05, 0.1) is 35.8 Å². The number of rotatable bonds is 8. The van der Waals surface area contributed by atoms with Gasteiger partial charge >= 0.3 is 0 Å². The first kappa shape index (κ1) is 23.4. The van der Waals surface area contributed by atoms with Gasteiger partial charge in [-0.2, -0.15) is 0 Å². The summed E-state index contributed by atoms with van der Waals surface area (Å²) in [6, 6.07) is 7.09. The minimum atomic E-state index is -0.241. The number of H-pyrrole nitrogens is 1. The molecule has 4 aromatic rings. The third kappa shape index (κ3) is 4.76. The number of aromatic amines is 1. The molecule has 0 radical (unpaired) electrons. The second-order valence-corrected chi connectivity index (χ2v) is 9.81. The Morgan fingerprint density at radius 3 is 2.91 bits per heavy atom. The van der Waals surface area contributed by atoms with Crippen LogP contribution < -0.4 is 11.1 Å². The Kier molecular flexibility index (Phi) is 6.74. The lowest BCUT2D eigenvalue weighted by Gasteiger charge is -2.22. The number of para-hydroxylation sites is 1. The second-order valence-electron chi connectivity index (χ2n) is 8.72. The molecule has 0 saturated carbocycles. The molecular weight excluding hydrogens is 466 g/mol. The highest BCUT2D eigenvalue weighted by molar-refractivity contribution is 7.18. The number of nitrogens with zero attached hydrogens (tertiary/aromatic N) is 4. The Morgan fingerprint density at radius 1 is 1.23 bits per heavy atom. The number of fused-ring (bicyclic) bond motifs is 4. The quantitative estimate of drug-likeness (QED) is 0.404. The van der Waals surface area contributed by atoms with E-state index < -0.39 is 0 Å². The van der Waals surface area contributed by atoms with Crippen LogP contribution in [0.25, 0.3) is 21.1 Å². The number of benzene rings is 1. The van der Waals surface area contributed by atoms with Gasteiger partial charge in [-0.15, -0.1) is 11.3 Å². The highest BCUT2D eigenvalue weighted by atomic mass is 32.1. The average Bonchev–Trinajstić information content (AvgIpc) is 3.25. The zero-order chi connectivity index (χ0) is 24.4. The van der Waals surface area contributed by atoms with Crippen LogP contribution in [0, 0.1) is 0 Å². The summed E-state index contributed by atoms with van der Waals surface area (Å²) in [5, 5.41) is 1.22. The average molecular weight is 494 g/mol. The molecule has 0 saturated heterocycles. The molecule has 0 spiro atoms. The van der Waals surface area contributed by atoms with Crippen LogP contribution >= 0.6 is 11.3 Å². The lowest BCUT2D eigenvalue weighted by atomic mass is 9.97. The first-order chi connectivity index (χ1) is 17.0. The van der Waals surface area contributed by atoms with Crippen LogP contribution in [0.2, 0.25) is 0 Å². The molecule has 1 aliphatic rings. The summed E-state index contributed by atoms with van der Waals surface area (Å²) in [5.41, 5.74) is 1.40. The first-order valence-corrected chi connectivity index (χ1v) is 12.6. The molecule has 10 heteroatoms. The molecule has 1 aliphatic carbocycles. The number of thiophene rings is 1. The van der Waals surface area contributed by atoms with Gasteiger partial charge in [0.25, 0.3) is 11.1 Å². The van der Waals surface area contributed by atoms with Crippen LogP contribution in [0.4, 0.5) is 0 Å². The number of hydrogen-bond acceptors (Lipinski definition) is 7. The van der Waals surface area contributed by atoms with Crippen molar-refractivity contribution in [2.45, 2.75) is 45.2 Å². The van der Waals surface area contributed by atoms with E-state index in [0.29, 0.717) is 35.3 Å². The molecule has 9 nitrogen and oxygen atoms in total. The molecule has 3 heterocycles. The smallest absolute Gasteiger partial charge is 0.262 e. The molecule has 1 amide bonds. The second kappa shape index (κ2) is 10.1. The molecule has 0 atom stereocenters. The highest BCUT2D eigenvalue weighted by Crippen LogP contribution is 2.33. The van der Waals surface area contributed by atoms with E-state index in [2.05, 4.69) is 15.0 Å². The molecule has 182 valence electrons. The van der Waals surface area contributed by atoms with Crippen LogP contribution in [0.15, 0.2) is 40.2 Å². The van der Waals surface area contributed by atoms with Crippen molar-refractivity contribution in [1.82, 2.24) is 24.4 Å². The Morgan fingerprint density at radius 2 is 2.06 bits per heavy atom. The number of nitrogens with one attached hydrogen (secondary N) is 1. The molecule has 5 rings (SSSR count). The SMILES string of the molecule is COCCN(Cc1nc2ccccc2c(=O)[nH]1)C(=O)CCn1cnc2sc3c(c2c1=O)CCCC3. The number of hydrogen-bond donors (Lipinski definition) is 1. The highest BCUT2D eigenvalue weighted by Gasteiger charge is 2.21. The molecule has 35 heavy (non-hydrogen) atoms. The molecule has 0 unspecified atom stereocenters. The van der Waals surface area contributed by atoms with Crippen molar-refractivity contribution in [2.75, 3.05) is 20.3 Å². The summed E-state index contributed by atoms with van der Waals surface area (Å²) in [6.45, 7) is 1.07. The van der Waals surface area contributed by atoms with Crippen LogP contribution in [-0.2, 0) is 35.5 Å². The molecule has 0 fully saturated rings. The van der Waals surface area contributed by atoms with Crippen LogP contribution in [0.5, 0.6) is 0 Å². The van der Waals surface area contributed by atoms with Gasteiger partial charge in [-0.05, 0) is 43.4 Å². The lowest BCUT2D eigenvalue weighted by Crippen LogP contribution is -2.36. The van der Waals surface area contributed by atoms with E-state index in [-0.39, 0.29) is 36.5 Å². The number of ether oxygens (including phenoxy) is 1. The number of methoxy groups -OCH3 is 1. The molecule has 0 bridgehead atoms. The summed E-state index contributed by atoms with van der Waals surface area (Å²) in [6.07, 6.45) is 5.83. The maximum atomic E-state index is 13.2. The molecule has 3 aromatic heterocycles. The third-order valence-corrected chi connectivity index (χ3v) is 7.63. The van der Waals surface area contributed by atoms with E-state index in [9.17, 15) is 14.4 Å². The zero-order valence-electron chi connectivity index (χ0n) is 19.6. The minimum absolute atomic E-state index is 0.0776. The fraction of sp³-hybridized carbons (Fsp3) is 0.400. The lowest BCUT2D eigenvalue weighted by molar-refractivity contribution is -0.132. The Labute approximate surface area is 205 Å². The normalized spacial score (nSPS) is 13.3. The maximum Gasteiger partial charge on any atom is 0.262 e. The van der Waals surface area contributed by atoms with E-state index in [4.69, 9.17) is 4.74 Å². The van der Waals surface area contributed by atoms with Crippen molar-refractivity contribution in [3.63, 3.8) is 0 Å². The van der Waals surface area contributed by atoms with Crippen molar-refractivity contribution >= 4 is 38.4 Å². The fourth-order valence-electron chi connectivity index (χ4n) is 4.60. The summed E-state index contributed by atoms with van der Waals surface area (Å²) < 4.78 is 6.71. The summed E-state index contributed by atoms with van der Waals surface area (Å²) >= 11 is 1.61. The Hall–Kier alpha value is -3.37. The van der Waals surface area contributed by atoms with Gasteiger partial charge in [0, 0.05) is 31.5 Å². The van der Waals surface area contributed by atoms with E-state index in [1.807, 2.05) is 6.07 Å². The number of aromatic nitrogens is 4. The van der Waals surface area contributed by atoms with Crippen LogP contribution in [0.1, 0.15) is 35.5 Å². The van der Waals surface area contributed by atoms with E-state index in [0.717, 1.165) is 36.1 Å². The van der Waals surface area contributed by atoms with Crippen molar-refractivity contribution in [3.8, 4) is 0 Å². The number of carbonyl (C=O) groups is 1. The molecule has 0 aliphatic heterocycles. The summed E-state index contributed by atoms with van der Waals surface area (Å²) in [7, 11) is 1.57. The summed E-state index contributed by atoms with van der Waals surface area (Å²) in [5.74, 6) is 0.250. The molecule has 1 N–H and O–H groups in total. The van der Waals surface area contributed by atoms with Crippen molar-refractivity contribution in [3.05, 3.63) is 67.6 Å². The van der Waals surface area contributed by atoms with E-state index in [1.54, 1.807) is 47.9 Å². The third-order valence-electron chi connectivity index (χ3n) is 6.43. The van der Waals surface area contributed by atoms with Crippen molar-refractivity contribution in [2.24, 2.45) is 0 Å². The van der Waals surface area contributed by atoms with Gasteiger partial charge in [0.2, 0.25) is 5.91 Å². The minimum Gasteiger partial charge on any atom is -0.383 e. The fourth-order valence-corrected chi connectivity index (χ4v) is 5.82. The molecular formula is C25H27N5O4S. The number of carbonyl (C=O) groups excluding carboxylic acids is 1. The van der Waals surface area contributed by atoms with Gasteiger partial charge in [-0.25, -0.2) is 9.97 Å². The van der Waals surface area contributed by atoms with Crippen LogP contribution in [-0.4, -0.2) is 50.6 Å². The predicted octanol–water partition coefficient (Wildman–Crippen LogP) is 2.64. The van der Waals surface area contributed by atoms with Gasteiger partial charge in [-0.3, -0.25) is 19.0 Å². The zero-order valence-corrected chi connectivity index (χ0v) is 20.4. The number of aryl methyl sites for hydroxylation is 3. The monoisotopic (exact) mass is 493 g/mol. The van der Waals surface area contributed by atoms with Gasteiger partial charge < -0.3 is 14.6 Å². The largest absolute Gasteiger partial charge is 0.383 e. The number of amides is 1. The topological polar surface area (TPSA) is 110 Å². The van der Waals surface area contributed by atoms with Gasteiger partial charge in [0.15, 0.2) is 0 Å². The first-order valence-electron chi connectivity index (χ1n) is 11.8. The van der Waals surface area contributed by atoms with E-state index >= 15 is 0 Å². The standard InChI is InChI=1S/C25H27N5O4S/c1-34-13-12-29(14-20-27-18-8-4-2-6-16(18)23(32)28-20)21(31)10-11-30-15-26-24-22(25(30)33)17-7-3-5-9-19(17)35-24/h2,4,6,8,15H,3,5,7,9-14H2,1H3,(H,27,28,32).